The van der Waals surface area contributed by atoms with Crippen molar-refractivity contribution in [3.05, 3.63) is 44.5 Å². The second-order valence-corrected chi connectivity index (χ2v) is 4.81. The smallest absolute Gasteiger partial charge is 0.270 e. The molecule has 21 heavy (non-hydrogen) atoms. The lowest BCUT2D eigenvalue weighted by molar-refractivity contribution is -0.420. The van der Waals surface area contributed by atoms with Crippen molar-refractivity contribution in [1.29, 1.82) is 5.26 Å². The molecule has 110 valence electrons. The fourth-order valence-corrected chi connectivity index (χ4v) is 2.56. The Hall–Kier alpha value is -2.46. The Bertz CT molecular complexity index is 659. The summed E-state index contributed by atoms with van der Waals surface area (Å²) >= 11 is 0. The summed E-state index contributed by atoms with van der Waals surface area (Å²) in [7, 11) is 1.54. The molecule has 1 unspecified atom stereocenters. The molecule has 1 aliphatic rings. The lowest BCUT2D eigenvalue weighted by Crippen LogP contribution is -2.21. The Morgan fingerprint density at radius 2 is 2.33 bits per heavy atom. The first kappa shape index (κ1) is 14.9. The van der Waals surface area contributed by atoms with Crippen LogP contribution in [0, 0.1) is 35.3 Å². The molecule has 2 rings (SSSR count). The van der Waals surface area contributed by atoms with Crippen LogP contribution in [0.4, 0.5) is 0 Å². The van der Waals surface area contributed by atoms with Gasteiger partial charge in [0.2, 0.25) is 0 Å². The average molecular weight is 289 g/mol. The molecule has 7 nitrogen and oxygen atoms in total. The molecule has 0 aliphatic heterocycles. The predicted molar refractivity (Wildman–Crippen MR) is 73.6 cm³/mol. The summed E-state index contributed by atoms with van der Waals surface area (Å²) in [6.07, 6.45) is 1.45. The van der Waals surface area contributed by atoms with Gasteiger partial charge in [-0.3, -0.25) is 10.1 Å². The Morgan fingerprint density at radius 1 is 1.62 bits per heavy atom. The zero-order valence-corrected chi connectivity index (χ0v) is 12.0. The zero-order valence-electron chi connectivity index (χ0n) is 12.0. The minimum atomic E-state index is -0.462. The van der Waals surface area contributed by atoms with Crippen LogP contribution in [0.25, 0.3) is 5.57 Å². The van der Waals surface area contributed by atoms with E-state index >= 15 is 0 Å². The highest BCUT2D eigenvalue weighted by atomic mass is 16.6. The number of aryl methyl sites for hydroxylation is 2. The van der Waals surface area contributed by atoms with Crippen molar-refractivity contribution in [2.75, 3.05) is 7.11 Å². The van der Waals surface area contributed by atoms with Crippen LogP contribution in [0.15, 0.2) is 21.9 Å². The third-order valence-electron chi connectivity index (χ3n) is 3.53. The van der Waals surface area contributed by atoms with E-state index in [1.54, 1.807) is 13.8 Å². The topological polar surface area (TPSA) is 102 Å². The van der Waals surface area contributed by atoms with Crippen molar-refractivity contribution >= 4 is 5.57 Å². The summed E-state index contributed by atoms with van der Waals surface area (Å²) in [5, 5.41) is 23.9. The lowest BCUT2D eigenvalue weighted by atomic mass is 9.87. The van der Waals surface area contributed by atoms with Gasteiger partial charge in [0.1, 0.15) is 5.76 Å². The number of hydrogen-bond donors (Lipinski definition) is 0. The maximum Gasteiger partial charge on any atom is 0.270 e. The standard InChI is InChI=1S/C14H15N3O4/c1-8-14(9(2)21-16-8)11-7-12(17(18)19)10(4-5-15)6-13(11)20-3/h7,13H,4,6H2,1-3H3. The summed E-state index contributed by atoms with van der Waals surface area (Å²) in [5.74, 6) is 0.590. The second kappa shape index (κ2) is 5.89. The van der Waals surface area contributed by atoms with E-state index < -0.39 is 4.92 Å². The van der Waals surface area contributed by atoms with Gasteiger partial charge in [0.05, 0.1) is 29.2 Å². The van der Waals surface area contributed by atoms with Gasteiger partial charge < -0.3 is 9.26 Å². The lowest BCUT2D eigenvalue weighted by Gasteiger charge is -2.23. The first-order valence-corrected chi connectivity index (χ1v) is 6.40. The van der Waals surface area contributed by atoms with Gasteiger partial charge >= 0.3 is 0 Å². The number of rotatable bonds is 4. The molecule has 0 fully saturated rings. The second-order valence-electron chi connectivity index (χ2n) is 4.81. The van der Waals surface area contributed by atoms with Crippen LogP contribution in [0.5, 0.6) is 0 Å². The Kier molecular flexibility index (Phi) is 4.19. The number of hydrogen-bond acceptors (Lipinski definition) is 6. The van der Waals surface area contributed by atoms with Crippen LogP contribution in [-0.2, 0) is 4.74 Å². The molecular formula is C14H15N3O4. The maximum absolute atomic E-state index is 11.2. The van der Waals surface area contributed by atoms with E-state index in [-0.39, 0.29) is 18.2 Å². The minimum absolute atomic E-state index is 0.0154. The van der Waals surface area contributed by atoms with Crippen LogP contribution < -0.4 is 0 Å². The molecule has 0 N–H and O–H groups in total. The number of allylic oxidation sites excluding steroid dienone is 1. The van der Waals surface area contributed by atoms with Crippen molar-refractivity contribution in [2.24, 2.45) is 0 Å². The third kappa shape index (κ3) is 2.71. The molecule has 1 aromatic rings. The van der Waals surface area contributed by atoms with Crippen molar-refractivity contribution in [1.82, 2.24) is 5.16 Å². The highest BCUT2D eigenvalue weighted by Gasteiger charge is 2.32. The summed E-state index contributed by atoms with van der Waals surface area (Å²) < 4.78 is 10.6. The first-order valence-electron chi connectivity index (χ1n) is 6.40. The third-order valence-corrected chi connectivity index (χ3v) is 3.53. The molecule has 0 radical (unpaired) electrons. The van der Waals surface area contributed by atoms with Crippen LogP contribution in [0.3, 0.4) is 0 Å². The van der Waals surface area contributed by atoms with Crippen LogP contribution in [0.1, 0.15) is 29.9 Å². The fourth-order valence-electron chi connectivity index (χ4n) is 2.56. The highest BCUT2D eigenvalue weighted by Crippen LogP contribution is 2.36. The Labute approximate surface area is 121 Å². The fraction of sp³-hybridized carbons (Fsp3) is 0.429. The van der Waals surface area contributed by atoms with E-state index in [2.05, 4.69) is 5.16 Å². The Morgan fingerprint density at radius 3 is 2.81 bits per heavy atom. The van der Waals surface area contributed by atoms with Crippen molar-refractivity contribution < 1.29 is 14.2 Å². The van der Waals surface area contributed by atoms with E-state index in [0.717, 1.165) is 5.56 Å². The van der Waals surface area contributed by atoms with Gasteiger partial charge in [-0.2, -0.15) is 5.26 Å². The largest absolute Gasteiger partial charge is 0.376 e. The van der Waals surface area contributed by atoms with Crippen molar-refractivity contribution in [2.45, 2.75) is 32.8 Å². The quantitative estimate of drug-likeness (QED) is 0.623. The number of nitriles is 1. The summed E-state index contributed by atoms with van der Waals surface area (Å²) in [6.45, 7) is 3.53. The molecule has 1 aliphatic carbocycles. The SMILES string of the molecule is COC1CC(CC#N)=C([N+](=O)[O-])C=C1c1c(C)noc1C. The number of methoxy groups -OCH3 is 1. The van der Waals surface area contributed by atoms with E-state index in [1.807, 2.05) is 6.07 Å². The van der Waals surface area contributed by atoms with E-state index in [4.69, 9.17) is 14.5 Å². The highest BCUT2D eigenvalue weighted by molar-refractivity contribution is 5.75. The van der Waals surface area contributed by atoms with Crippen LogP contribution in [0.2, 0.25) is 0 Å². The van der Waals surface area contributed by atoms with Gasteiger partial charge in [-0.05, 0) is 13.8 Å². The van der Waals surface area contributed by atoms with Gasteiger partial charge in [-0.15, -0.1) is 0 Å². The number of nitrogens with zero attached hydrogens (tertiary/aromatic N) is 3. The molecule has 0 aromatic carbocycles. The van der Waals surface area contributed by atoms with Gasteiger partial charge in [0, 0.05) is 36.3 Å². The van der Waals surface area contributed by atoms with Crippen molar-refractivity contribution in [3.63, 3.8) is 0 Å². The molecule has 0 amide bonds. The first-order chi connectivity index (χ1) is 9.99. The molecule has 1 heterocycles. The molecule has 0 saturated carbocycles. The average Bonchev–Trinajstić information content (AvgIpc) is 2.78. The molecule has 7 heteroatoms. The summed E-state index contributed by atoms with van der Waals surface area (Å²) in [6, 6.07) is 1.96. The van der Waals surface area contributed by atoms with E-state index in [1.165, 1.54) is 13.2 Å². The van der Waals surface area contributed by atoms with Gasteiger partial charge in [0.25, 0.3) is 5.70 Å². The minimum Gasteiger partial charge on any atom is -0.376 e. The normalized spacial score (nSPS) is 18.4. The molecule has 1 atom stereocenters. The predicted octanol–water partition coefficient (Wildman–Crippen LogP) is 2.54. The van der Waals surface area contributed by atoms with Crippen LogP contribution in [-0.4, -0.2) is 23.3 Å². The molecule has 0 spiro atoms. The summed E-state index contributed by atoms with van der Waals surface area (Å²) in [5.41, 5.74) is 2.50. The monoisotopic (exact) mass is 289 g/mol. The Balaban J connectivity index is 2.60. The molecule has 1 aromatic heterocycles. The molecular weight excluding hydrogens is 274 g/mol. The zero-order chi connectivity index (χ0) is 15.6. The van der Waals surface area contributed by atoms with Gasteiger partial charge in [0.15, 0.2) is 0 Å². The van der Waals surface area contributed by atoms with Gasteiger partial charge in [-0.25, -0.2) is 0 Å². The summed E-state index contributed by atoms with van der Waals surface area (Å²) in [4.78, 5) is 10.8. The van der Waals surface area contributed by atoms with E-state index in [0.29, 0.717) is 29.0 Å². The number of nitro groups is 1. The van der Waals surface area contributed by atoms with Crippen molar-refractivity contribution in [3.8, 4) is 6.07 Å². The molecule has 0 saturated heterocycles. The number of ether oxygens (including phenoxy) is 1. The van der Waals surface area contributed by atoms with Crippen LogP contribution >= 0.6 is 0 Å². The van der Waals surface area contributed by atoms with Gasteiger partial charge in [-0.1, -0.05) is 5.16 Å². The molecule has 0 bridgehead atoms. The maximum atomic E-state index is 11.2. The number of aromatic nitrogens is 1. The van der Waals surface area contributed by atoms with E-state index in [9.17, 15) is 10.1 Å².